The number of nitrogen functional groups attached to an aromatic ring is 1. The molecule has 2 aromatic rings. The highest BCUT2D eigenvalue weighted by Crippen LogP contribution is 2.31. The second-order valence-electron chi connectivity index (χ2n) is 9.46. The third kappa shape index (κ3) is 9.58. The molecule has 2 heterocycles. The van der Waals surface area contributed by atoms with E-state index in [0.29, 0.717) is 16.2 Å². The van der Waals surface area contributed by atoms with Crippen LogP contribution in [0.25, 0.3) is 11.0 Å². The molecule has 39 heavy (non-hydrogen) atoms. The Balaban J connectivity index is 2.47. The Morgan fingerprint density at radius 1 is 1.08 bits per heavy atom. The van der Waals surface area contributed by atoms with Gasteiger partial charge < -0.3 is 34.0 Å². The number of esters is 3. The number of carbonyl (C=O) groups is 4. The summed E-state index contributed by atoms with van der Waals surface area (Å²) < 4.78 is 28.6. The van der Waals surface area contributed by atoms with Crippen molar-refractivity contribution in [3.05, 3.63) is 6.20 Å². The number of fused-ring (bicyclic) bond motifs is 1. The Kier molecular flexibility index (Phi) is 10.9. The van der Waals surface area contributed by atoms with Crippen molar-refractivity contribution in [3.63, 3.8) is 0 Å². The van der Waals surface area contributed by atoms with Gasteiger partial charge in [-0.05, 0) is 34.0 Å². The Labute approximate surface area is 230 Å². The molecule has 0 spiro atoms. The highest BCUT2D eigenvalue weighted by atomic mass is 32.2. The van der Waals surface area contributed by atoms with Crippen molar-refractivity contribution in [1.82, 2.24) is 14.5 Å². The Hall–Kier alpha value is -3.59. The molecule has 0 bridgehead atoms. The average Bonchev–Trinajstić information content (AvgIpc) is 3.13. The lowest BCUT2D eigenvalue weighted by molar-refractivity contribution is -0.186. The number of thioether (sulfide) groups is 1. The zero-order valence-corrected chi connectivity index (χ0v) is 24.0. The van der Waals surface area contributed by atoms with Gasteiger partial charge in [-0.1, -0.05) is 11.8 Å². The fraction of sp³-hybridized carbons (Fsp3) is 0.583. The molecule has 0 aliphatic carbocycles. The van der Waals surface area contributed by atoms with Crippen molar-refractivity contribution < 1.29 is 42.9 Å². The van der Waals surface area contributed by atoms with Gasteiger partial charge in [0.05, 0.1) is 11.1 Å². The van der Waals surface area contributed by atoms with Gasteiger partial charge in [0.15, 0.2) is 16.9 Å². The molecule has 3 N–H and O–H groups in total. The van der Waals surface area contributed by atoms with Gasteiger partial charge >= 0.3 is 24.0 Å². The number of carbonyl (C=O) groups excluding carboxylic acids is 4. The minimum absolute atomic E-state index is 0.117. The van der Waals surface area contributed by atoms with Gasteiger partial charge in [-0.3, -0.25) is 19.7 Å². The molecular weight excluding hydrogens is 534 g/mol. The molecule has 0 aliphatic heterocycles. The molecule has 0 aromatic carbocycles. The number of nitrogens with two attached hydrogens (primary N) is 1. The van der Waals surface area contributed by atoms with Crippen molar-refractivity contribution in [2.75, 3.05) is 23.9 Å². The predicted octanol–water partition coefficient (Wildman–Crippen LogP) is 2.87. The van der Waals surface area contributed by atoms with E-state index < -0.39 is 47.9 Å². The number of anilines is 2. The first-order valence-corrected chi connectivity index (χ1v) is 13.1. The summed E-state index contributed by atoms with van der Waals surface area (Å²) in [6.45, 7) is 9.79. The van der Waals surface area contributed by atoms with E-state index in [1.165, 1.54) is 45.7 Å². The third-order valence-corrected chi connectivity index (χ3v) is 5.45. The van der Waals surface area contributed by atoms with Crippen LogP contribution in [-0.2, 0) is 44.8 Å². The van der Waals surface area contributed by atoms with Crippen LogP contribution in [-0.4, -0.2) is 75.3 Å². The van der Waals surface area contributed by atoms with E-state index in [9.17, 15) is 19.2 Å². The van der Waals surface area contributed by atoms with Crippen LogP contribution in [0.3, 0.4) is 0 Å². The van der Waals surface area contributed by atoms with E-state index >= 15 is 0 Å². The standard InChI is InChI=1S/C24H35N5O9S/c1-12(36-14(3)31)19(37-15(4)32)17(10-34-13(2)30)35-11-29-9-16(26-23(33)38-24(5,6)7)18-20(25)27-22(39-8)28-21(18)29/h9,12,17,19H,10-11H2,1-8H3,(H,26,33)(H2,25,27,28)/t12-,17+,19-/m0/s1. The molecule has 0 aliphatic rings. The van der Waals surface area contributed by atoms with Gasteiger partial charge in [-0.2, -0.15) is 0 Å². The zero-order chi connectivity index (χ0) is 29.5. The van der Waals surface area contributed by atoms with Gasteiger partial charge in [0, 0.05) is 27.0 Å². The maximum atomic E-state index is 12.5. The monoisotopic (exact) mass is 569 g/mol. The molecule has 0 saturated heterocycles. The van der Waals surface area contributed by atoms with Crippen molar-refractivity contribution in [3.8, 4) is 0 Å². The quantitative estimate of drug-likeness (QED) is 0.174. The first kappa shape index (κ1) is 31.6. The molecule has 3 atom stereocenters. The predicted molar refractivity (Wildman–Crippen MR) is 142 cm³/mol. The lowest BCUT2D eigenvalue weighted by Gasteiger charge is -2.30. The van der Waals surface area contributed by atoms with Gasteiger partial charge in [0.25, 0.3) is 0 Å². The molecule has 216 valence electrons. The summed E-state index contributed by atoms with van der Waals surface area (Å²) in [4.78, 5) is 56.2. The molecule has 0 unspecified atom stereocenters. The van der Waals surface area contributed by atoms with E-state index in [4.69, 9.17) is 29.4 Å². The van der Waals surface area contributed by atoms with Crippen LogP contribution in [0.15, 0.2) is 11.4 Å². The molecule has 15 heteroatoms. The SMILES string of the molecule is CSc1nc(N)c2c(NC(=O)OC(C)(C)C)cn(CO[C@H](COC(C)=O)[C@@H](OC(C)=O)[C@H](C)OC(C)=O)c2n1. The minimum atomic E-state index is -1.12. The number of ether oxygens (including phenoxy) is 5. The summed E-state index contributed by atoms with van der Waals surface area (Å²) in [5, 5.41) is 3.38. The fourth-order valence-electron chi connectivity index (χ4n) is 3.50. The lowest BCUT2D eigenvalue weighted by Crippen LogP contribution is -2.45. The van der Waals surface area contributed by atoms with Crippen LogP contribution in [0.5, 0.6) is 0 Å². The van der Waals surface area contributed by atoms with E-state index in [-0.39, 0.29) is 24.8 Å². The number of rotatable bonds is 11. The first-order valence-electron chi connectivity index (χ1n) is 11.9. The molecule has 2 rings (SSSR count). The Morgan fingerprint density at radius 3 is 2.26 bits per heavy atom. The summed E-state index contributed by atoms with van der Waals surface area (Å²) in [5.41, 5.74) is 6.07. The van der Waals surface area contributed by atoms with Gasteiger partial charge in [0.1, 0.15) is 37.0 Å². The first-order chi connectivity index (χ1) is 18.1. The number of hydrogen-bond donors (Lipinski definition) is 2. The molecule has 0 saturated carbocycles. The number of aromatic nitrogens is 3. The smallest absolute Gasteiger partial charge is 0.412 e. The van der Waals surface area contributed by atoms with E-state index in [1.807, 2.05) is 0 Å². The van der Waals surface area contributed by atoms with Crippen LogP contribution < -0.4 is 11.1 Å². The average molecular weight is 570 g/mol. The highest BCUT2D eigenvalue weighted by Gasteiger charge is 2.34. The maximum Gasteiger partial charge on any atom is 0.412 e. The van der Waals surface area contributed by atoms with Gasteiger partial charge in [0.2, 0.25) is 0 Å². The van der Waals surface area contributed by atoms with Crippen molar-refractivity contribution in [2.24, 2.45) is 0 Å². The normalized spacial score (nSPS) is 13.7. The number of nitrogens with one attached hydrogen (secondary N) is 1. The second kappa shape index (κ2) is 13.5. The molecular formula is C24H35N5O9S. The number of amides is 1. The molecule has 0 radical (unpaired) electrons. The topological polar surface area (TPSA) is 183 Å². The van der Waals surface area contributed by atoms with Crippen LogP contribution >= 0.6 is 11.8 Å². The lowest BCUT2D eigenvalue weighted by atomic mass is 10.1. The Bertz CT molecular complexity index is 1210. The summed E-state index contributed by atoms with van der Waals surface area (Å²) in [6.07, 6.45) is -0.505. The summed E-state index contributed by atoms with van der Waals surface area (Å²) >= 11 is 1.26. The number of nitrogens with zero attached hydrogens (tertiary/aromatic N) is 3. The zero-order valence-electron chi connectivity index (χ0n) is 23.2. The molecule has 0 fully saturated rings. The molecule has 14 nitrogen and oxygen atoms in total. The Morgan fingerprint density at radius 2 is 1.72 bits per heavy atom. The van der Waals surface area contributed by atoms with Crippen LogP contribution in [0.4, 0.5) is 16.3 Å². The maximum absolute atomic E-state index is 12.5. The van der Waals surface area contributed by atoms with E-state index in [2.05, 4.69) is 15.3 Å². The van der Waals surface area contributed by atoms with Crippen LogP contribution in [0, 0.1) is 0 Å². The van der Waals surface area contributed by atoms with Crippen molar-refractivity contribution in [2.45, 2.75) is 84.3 Å². The highest BCUT2D eigenvalue weighted by molar-refractivity contribution is 7.98. The van der Waals surface area contributed by atoms with Gasteiger partial charge in [-0.25, -0.2) is 14.8 Å². The minimum Gasteiger partial charge on any atom is -0.463 e. The number of hydrogen-bond acceptors (Lipinski definition) is 13. The summed E-state index contributed by atoms with van der Waals surface area (Å²) in [7, 11) is 0. The molecule has 1 amide bonds. The summed E-state index contributed by atoms with van der Waals surface area (Å²) in [5.74, 6) is -1.73. The largest absolute Gasteiger partial charge is 0.463 e. The third-order valence-electron chi connectivity index (χ3n) is 4.90. The van der Waals surface area contributed by atoms with Gasteiger partial charge in [-0.15, -0.1) is 0 Å². The van der Waals surface area contributed by atoms with Crippen molar-refractivity contribution in [1.29, 1.82) is 0 Å². The molecule has 2 aromatic heterocycles. The van der Waals surface area contributed by atoms with Crippen molar-refractivity contribution >= 4 is 58.3 Å². The van der Waals surface area contributed by atoms with Crippen LogP contribution in [0.1, 0.15) is 48.5 Å². The summed E-state index contributed by atoms with van der Waals surface area (Å²) in [6, 6.07) is 0. The van der Waals surface area contributed by atoms with Crippen LogP contribution in [0.2, 0.25) is 0 Å². The second-order valence-corrected chi connectivity index (χ2v) is 10.2. The van der Waals surface area contributed by atoms with E-state index in [0.717, 1.165) is 0 Å². The fourth-order valence-corrected chi connectivity index (χ4v) is 3.87. The van der Waals surface area contributed by atoms with E-state index in [1.54, 1.807) is 31.6 Å².